The third kappa shape index (κ3) is 4.30. The van der Waals surface area contributed by atoms with E-state index in [0.29, 0.717) is 23.9 Å². The molecule has 18 heavy (non-hydrogen) atoms. The molecule has 1 N–H and O–H groups in total. The van der Waals surface area contributed by atoms with E-state index in [1.807, 2.05) is 6.92 Å². The summed E-state index contributed by atoms with van der Waals surface area (Å²) in [6, 6.07) is 2.77. The van der Waals surface area contributed by atoms with E-state index >= 15 is 0 Å². The van der Waals surface area contributed by atoms with Crippen LogP contribution in [0.2, 0.25) is 0 Å². The number of methoxy groups -OCH3 is 1. The Labute approximate surface area is 115 Å². The van der Waals surface area contributed by atoms with Crippen molar-refractivity contribution in [3.63, 3.8) is 0 Å². The fourth-order valence-corrected chi connectivity index (χ4v) is 2.22. The Balaban J connectivity index is 2.69. The molecular formula is C13H18BrF2NO. The number of hydrogen-bond acceptors (Lipinski definition) is 2. The third-order valence-electron chi connectivity index (χ3n) is 2.74. The van der Waals surface area contributed by atoms with Gasteiger partial charge in [-0.25, -0.2) is 8.78 Å². The second-order valence-corrected chi connectivity index (χ2v) is 4.92. The quantitative estimate of drug-likeness (QED) is 0.778. The van der Waals surface area contributed by atoms with Crippen LogP contribution in [0.5, 0.6) is 0 Å². The molecule has 1 rings (SSSR count). The lowest BCUT2D eigenvalue weighted by atomic mass is 10.0. The highest BCUT2D eigenvalue weighted by Crippen LogP contribution is 2.23. The van der Waals surface area contributed by atoms with Crippen LogP contribution in [0.4, 0.5) is 8.78 Å². The Morgan fingerprint density at radius 1 is 1.39 bits per heavy atom. The van der Waals surface area contributed by atoms with E-state index in [0.717, 1.165) is 6.54 Å². The summed E-state index contributed by atoms with van der Waals surface area (Å²) in [6.07, 6.45) is 0.976. The molecule has 102 valence electrons. The highest BCUT2D eigenvalue weighted by molar-refractivity contribution is 9.10. The predicted molar refractivity (Wildman–Crippen MR) is 71.7 cm³/mol. The fraction of sp³-hybridized carbons (Fsp3) is 0.538. The normalized spacial score (nSPS) is 12.7. The third-order valence-corrected chi connectivity index (χ3v) is 3.35. The molecule has 0 aliphatic heterocycles. The number of hydrogen-bond donors (Lipinski definition) is 1. The number of ether oxygens (including phenoxy) is 1. The first kappa shape index (κ1) is 15.5. The van der Waals surface area contributed by atoms with Gasteiger partial charge in [0.1, 0.15) is 11.6 Å². The molecule has 0 aliphatic carbocycles. The molecule has 0 saturated carbocycles. The molecule has 0 aliphatic rings. The largest absolute Gasteiger partial charge is 0.383 e. The zero-order valence-corrected chi connectivity index (χ0v) is 12.2. The van der Waals surface area contributed by atoms with Crippen LogP contribution in [0.15, 0.2) is 16.6 Å². The maximum atomic E-state index is 13.7. The number of rotatable bonds is 7. The first-order valence-corrected chi connectivity index (χ1v) is 6.74. The van der Waals surface area contributed by atoms with E-state index in [-0.39, 0.29) is 11.6 Å². The van der Waals surface area contributed by atoms with Crippen LogP contribution in [0, 0.1) is 11.6 Å². The average molecular weight is 322 g/mol. The van der Waals surface area contributed by atoms with Gasteiger partial charge >= 0.3 is 0 Å². The molecule has 0 fully saturated rings. The minimum absolute atomic E-state index is 0.109. The maximum Gasteiger partial charge on any atom is 0.143 e. The lowest BCUT2D eigenvalue weighted by Crippen LogP contribution is -2.33. The smallest absolute Gasteiger partial charge is 0.143 e. The molecule has 0 radical (unpaired) electrons. The van der Waals surface area contributed by atoms with E-state index in [4.69, 9.17) is 4.74 Å². The molecule has 0 bridgehead atoms. The van der Waals surface area contributed by atoms with Crippen LogP contribution in [-0.4, -0.2) is 26.3 Å². The standard InChI is InChI=1S/C13H18BrF2NO/c1-3-17-9(8-18-2)4-5-10-12(15)7-6-11(14)13(10)16/h6-7,9,17H,3-5,8H2,1-2H3. The van der Waals surface area contributed by atoms with Gasteiger partial charge < -0.3 is 10.1 Å². The number of likely N-dealkylation sites (N-methyl/N-ethyl adjacent to an activating group) is 1. The first-order valence-electron chi connectivity index (χ1n) is 5.94. The van der Waals surface area contributed by atoms with Crippen molar-refractivity contribution < 1.29 is 13.5 Å². The van der Waals surface area contributed by atoms with Crippen molar-refractivity contribution in [3.8, 4) is 0 Å². The van der Waals surface area contributed by atoms with Crippen molar-refractivity contribution in [3.05, 3.63) is 33.8 Å². The Hall–Kier alpha value is -0.520. The van der Waals surface area contributed by atoms with Gasteiger partial charge in [-0.15, -0.1) is 0 Å². The summed E-state index contributed by atoms with van der Waals surface area (Å²) in [4.78, 5) is 0. The van der Waals surface area contributed by atoms with Gasteiger partial charge in [0.15, 0.2) is 0 Å². The van der Waals surface area contributed by atoms with Gasteiger partial charge in [0.25, 0.3) is 0 Å². The molecule has 0 heterocycles. The van der Waals surface area contributed by atoms with Crippen molar-refractivity contribution in [1.29, 1.82) is 0 Å². The summed E-state index contributed by atoms with van der Waals surface area (Å²) >= 11 is 3.07. The van der Waals surface area contributed by atoms with Crippen molar-refractivity contribution in [1.82, 2.24) is 5.32 Å². The van der Waals surface area contributed by atoms with E-state index < -0.39 is 11.6 Å². The monoisotopic (exact) mass is 321 g/mol. The first-order chi connectivity index (χ1) is 8.60. The van der Waals surface area contributed by atoms with E-state index in [2.05, 4.69) is 21.2 Å². The van der Waals surface area contributed by atoms with Gasteiger partial charge in [-0.3, -0.25) is 0 Å². The predicted octanol–water partition coefficient (Wildman–Crippen LogP) is 3.28. The average Bonchev–Trinajstić information content (AvgIpc) is 2.34. The SMILES string of the molecule is CCNC(CCc1c(F)ccc(Br)c1F)COC. The maximum absolute atomic E-state index is 13.7. The Morgan fingerprint density at radius 3 is 2.72 bits per heavy atom. The van der Waals surface area contributed by atoms with Gasteiger partial charge in [0, 0.05) is 18.7 Å². The van der Waals surface area contributed by atoms with Crippen molar-refractivity contribution in [2.75, 3.05) is 20.3 Å². The van der Waals surface area contributed by atoms with Gasteiger partial charge in [-0.1, -0.05) is 6.92 Å². The van der Waals surface area contributed by atoms with Crippen LogP contribution >= 0.6 is 15.9 Å². The molecule has 0 amide bonds. The molecule has 1 atom stereocenters. The highest BCUT2D eigenvalue weighted by atomic mass is 79.9. The van der Waals surface area contributed by atoms with Crippen LogP contribution in [0.3, 0.4) is 0 Å². The van der Waals surface area contributed by atoms with Crippen LogP contribution in [0.1, 0.15) is 18.9 Å². The van der Waals surface area contributed by atoms with Crippen molar-refractivity contribution in [2.24, 2.45) is 0 Å². The second kappa shape index (κ2) is 7.81. The lowest BCUT2D eigenvalue weighted by molar-refractivity contribution is 0.163. The van der Waals surface area contributed by atoms with E-state index in [9.17, 15) is 8.78 Å². The van der Waals surface area contributed by atoms with Crippen LogP contribution in [-0.2, 0) is 11.2 Å². The van der Waals surface area contributed by atoms with Gasteiger partial charge in [-0.2, -0.15) is 0 Å². The zero-order chi connectivity index (χ0) is 13.5. The minimum atomic E-state index is -0.511. The number of nitrogens with one attached hydrogen (secondary N) is 1. The molecule has 0 aromatic heterocycles. The Morgan fingerprint density at radius 2 is 2.11 bits per heavy atom. The molecule has 2 nitrogen and oxygen atoms in total. The highest BCUT2D eigenvalue weighted by Gasteiger charge is 2.14. The molecular weight excluding hydrogens is 304 g/mol. The van der Waals surface area contributed by atoms with Gasteiger partial charge in [-0.05, 0) is 47.4 Å². The van der Waals surface area contributed by atoms with Crippen LogP contribution < -0.4 is 5.32 Å². The van der Waals surface area contributed by atoms with Gasteiger partial charge in [0.05, 0.1) is 11.1 Å². The molecule has 1 aromatic rings. The summed E-state index contributed by atoms with van der Waals surface area (Å²) in [5, 5.41) is 3.23. The Kier molecular flexibility index (Phi) is 6.75. The summed E-state index contributed by atoms with van der Waals surface area (Å²) in [5.74, 6) is -1.01. The zero-order valence-electron chi connectivity index (χ0n) is 10.6. The van der Waals surface area contributed by atoms with E-state index in [1.165, 1.54) is 12.1 Å². The summed E-state index contributed by atoms with van der Waals surface area (Å²) in [6.45, 7) is 3.32. The number of halogens is 3. The lowest BCUT2D eigenvalue weighted by Gasteiger charge is -2.17. The van der Waals surface area contributed by atoms with Crippen molar-refractivity contribution >= 4 is 15.9 Å². The molecule has 5 heteroatoms. The second-order valence-electron chi connectivity index (χ2n) is 4.07. The summed E-state index contributed by atoms with van der Waals surface area (Å²) < 4.78 is 32.7. The fourth-order valence-electron chi connectivity index (χ4n) is 1.85. The topological polar surface area (TPSA) is 21.3 Å². The molecule has 1 aromatic carbocycles. The molecule has 1 unspecified atom stereocenters. The summed E-state index contributed by atoms with van der Waals surface area (Å²) in [5.41, 5.74) is 0.128. The Bertz CT molecular complexity index is 381. The summed E-state index contributed by atoms with van der Waals surface area (Å²) in [7, 11) is 1.62. The molecule has 0 spiro atoms. The van der Waals surface area contributed by atoms with Crippen LogP contribution in [0.25, 0.3) is 0 Å². The van der Waals surface area contributed by atoms with Crippen molar-refractivity contribution in [2.45, 2.75) is 25.8 Å². The van der Waals surface area contributed by atoms with Gasteiger partial charge in [0.2, 0.25) is 0 Å². The minimum Gasteiger partial charge on any atom is -0.383 e. The number of benzene rings is 1. The molecule has 0 saturated heterocycles. The van der Waals surface area contributed by atoms with E-state index in [1.54, 1.807) is 7.11 Å².